The molecular weight excluding hydrogens is 345 g/mol. The molecule has 2 aromatic heterocycles. The molecule has 1 N–H and O–H groups in total. The lowest BCUT2D eigenvalue weighted by Gasteiger charge is -2.36. The van der Waals surface area contributed by atoms with E-state index in [9.17, 15) is 9.18 Å². The second-order valence-electron chi connectivity index (χ2n) is 6.77. The number of carbonyl (C=O) groups excluding carboxylic acids is 1. The first-order valence-electron chi connectivity index (χ1n) is 8.87. The van der Waals surface area contributed by atoms with E-state index in [-0.39, 0.29) is 17.8 Å². The summed E-state index contributed by atoms with van der Waals surface area (Å²) in [4.78, 5) is 21.9. The molecule has 1 atom stereocenters. The number of hydrogen-bond acceptors (Lipinski definition) is 3. The van der Waals surface area contributed by atoms with Crippen molar-refractivity contribution in [2.75, 3.05) is 6.61 Å². The molecule has 4 rings (SSSR count). The summed E-state index contributed by atoms with van der Waals surface area (Å²) in [7, 11) is 0. The number of aromatic nitrogens is 2. The Balaban J connectivity index is 1.58. The summed E-state index contributed by atoms with van der Waals surface area (Å²) in [5, 5.41) is 0. The summed E-state index contributed by atoms with van der Waals surface area (Å²) in [6.45, 7) is 2.67. The zero-order valence-electron chi connectivity index (χ0n) is 15.0. The maximum absolute atomic E-state index is 13.7. The molecule has 0 bridgehead atoms. The van der Waals surface area contributed by atoms with Gasteiger partial charge in [-0.2, -0.15) is 0 Å². The van der Waals surface area contributed by atoms with E-state index in [2.05, 4.69) is 9.97 Å². The minimum atomic E-state index is -0.266. The van der Waals surface area contributed by atoms with Gasteiger partial charge in [0.25, 0.3) is 5.91 Å². The molecule has 3 aromatic rings. The fraction of sp³-hybridized carbons (Fsp3) is 0.238. The Morgan fingerprint density at radius 3 is 2.93 bits per heavy atom. The fourth-order valence-corrected chi connectivity index (χ4v) is 3.34. The van der Waals surface area contributed by atoms with Gasteiger partial charge < -0.3 is 14.6 Å². The smallest absolute Gasteiger partial charge is 0.270 e. The Kier molecular flexibility index (Phi) is 4.62. The lowest BCUT2D eigenvalue weighted by atomic mass is 9.94. The largest absolute Gasteiger partial charge is 0.475 e. The van der Waals surface area contributed by atoms with Crippen molar-refractivity contribution < 1.29 is 13.9 Å². The summed E-state index contributed by atoms with van der Waals surface area (Å²) in [5.74, 6) is 0.149. The normalized spacial score (nSPS) is 16.1. The predicted octanol–water partition coefficient (Wildman–Crippen LogP) is 3.50. The zero-order chi connectivity index (χ0) is 18.8. The van der Waals surface area contributed by atoms with E-state index in [0.717, 1.165) is 16.7 Å². The number of nitrogens with zero attached hydrogens (tertiary/aromatic N) is 2. The molecule has 3 heterocycles. The van der Waals surface area contributed by atoms with Crippen molar-refractivity contribution in [2.45, 2.75) is 25.9 Å². The molecule has 27 heavy (non-hydrogen) atoms. The van der Waals surface area contributed by atoms with Crippen molar-refractivity contribution in [3.05, 3.63) is 83.1 Å². The molecule has 0 unspecified atom stereocenters. The molecule has 1 aliphatic rings. The van der Waals surface area contributed by atoms with Crippen molar-refractivity contribution in [3.63, 3.8) is 0 Å². The summed E-state index contributed by atoms with van der Waals surface area (Å²) in [6, 6.07) is 11.8. The van der Waals surface area contributed by atoms with E-state index in [1.54, 1.807) is 41.6 Å². The number of aromatic amines is 1. The minimum absolute atomic E-state index is 0.0968. The van der Waals surface area contributed by atoms with E-state index in [0.29, 0.717) is 31.1 Å². The molecule has 6 heteroatoms. The van der Waals surface area contributed by atoms with Gasteiger partial charge >= 0.3 is 0 Å². The number of rotatable bonds is 4. The number of hydrogen-bond donors (Lipinski definition) is 1. The van der Waals surface area contributed by atoms with E-state index < -0.39 is 0 Å². The van der Waals surface area contributed by atoms with Crippen molar-refractivity contribution in [3.8, 4) is 5.88 Å². The number of pyridine rings is 1. The number of amides is 1. The zero-order valence-corrected chi connectivity index (χ0v) is 15.0. The first-order chi connectivity index (χ1) is 13.1. The van der Waals surface area contributed by atoms with Crippen molar-refractivity contribution in [1.29, 1.82) is 0 Å². The molecule has 0 aliphatic carbocycles. The Hall–Kier alpha value is -3.15. The Morgan fingerprint density at radius 2 is 2.19 bits per heavy atom. The second kappa shape index (κ2) is 7.23. The molecule has 0 spiro atoms. The maximum atomic E-state index is 13.7. The molecule has 0 saturated heterocycles. The van der Waals surface area contributed by atoms with Gasteiger partial charge in [-0.15, -0.1) is 0 Å². The van der Waals surface area contributed by atoms with Gasteiger partial charge in [-0.1, -0.05) is 12.1 Å². The Labute approximate surface area is 156 Å². The van der Waals surface area contributed by atoms with Crippen molar-refractivity contribution in [2.24, 2.45) is 0 Å². The summed E-state index contributed by atoms with van der Waals surface area (Å²) >= 11 is 0. The van der Waals surface area contributed by atoms with Crippen LogP contribution in [0, 0.1) is 12.7 Å². The number of fused-ring (bicyclic) bond motifs is 1. The second-order valence-corrected chi connectivity index (χ2v) is 6.77. The fourth-order valence-electron chi connectivity index (χ4n) is 3.34. The molecule has 138 valence electrons. The van der Waals surface area contributed by atoms with Crippen LogP contribution in [0.4, 0.5) is 4.39 Å². The molecular formula is C21H20FN3O2. The van der Waals surface area contributed by atoms with Gasteiger partial charge in [0.15, 0.2) is 0 Å². The summed E-state index contributed by atoms with van der Waals surface area (Å²) < 4.78 is 19.5. The molecule has 0 fully saturated rings. The topological polar surface area (TPSA) is 58.2 Å². The van der Waals surface area contributed by atoms with Gasteiger partial charge in [0.1, 0.15) is 18.1 Å². The van der Waals surface area contributed by atoms with Crippen LogP contribution >= 0.6 is 0 Å². The lowest BCUT2D eigenvalue weighted by molar-refractivity contribution is 0.0557. The number of ether oxygens (including phenoxy) is 1. The van der Waals surface area contributed by atoms with E-state index >= 15 is 0 Å². The Bertz CT molecular complexity index is 939. The summed E-state index contributed by atoms with van der Waals surface area (Å²) in [6.07, 6.45) is 4.00. The Morgan fingerprint density at radius 1 is 1.30 bits per heavy atom. The monoisotopic (exact) mass is 365 g/mol. The van der Waals surface area contributed by atoms with E-state index in [1.165, 1.54) is 6.07 Å². The molecule has 0 saturated carbocycles. The number of carbonyl (C=O) groups is 1. The lowest BCUT2D eigenvalue weighted by Crippen LogP contribution is -2.47. The predicted molar refractivity (Wildman–Crippen MR) is 99.0 cm³/mol. The molecule has 1 amide bonds. The number of halogens is 1. The number of H-pyrrole nitrogens is 1. The van der Waals surface area contributed by atoms with Crippen LogP contribution in [-0.4, -0.2) is 33.4 Å². The third-order valence-corrected chi connectivity index (χ3v) is 4.80. The van der Waals surface area contributed by atoms with Gasteiger partial charge in [0, 0.05) is 25.0 Å². The average molecular weight is 365 g/mol. The highest BCUT2D eigenvalue weighted by Gasteiger charge is 2.31. The van der Waals surface area contributed by atoms with Crippen LogP contribution in [-0.2, 0) is 13.0 Å². The SMILES string of the molecule is Cc1ccc(OC[C@@H]2Cc3cc(F)ccc3CN2C(=O)c2ccc[nH]2)nc1. The number of benzene rings is 1. The average Bonchev–Trinajstić information content (AvgIpc) is 3.21. The molecule has 1 aromatic carbocycles. The van der Waals surface area contributed by atoms with Crippen LogP contribution in [0.15, 0.2) is 54.9 Å². The van der Waals surface area contributed by atoms with Crippen molar-refractivity contribution >= 4 is 5.91 Å². The van der Waals surface area contributed by atoms with Crippen molar-refractivity contribution in [1.82, 2.24) is 14.9 Å². The van der Waals surface area contributed by atoms with Gasteiger partial charge in [-0.3, -0.25) is 4.79 Å². The van der Waals surface area contributed by atoms with Gasteiger partial charge in [0.2, 0.25) is 5.88 Å². The third-order valence-electron chi connectivity index (χ3n) is 4.80. The summed E-state index contributed by atoms with van der Waals surface area (Å²) in [5.41, 5.74) is 3.45. The number of nitrogens with one attached hydrogen (secondary N) is 1. The van der Waals surface area contributed by atoms with E-state index in [1.807, 2.05) is 19.1 Å². The van der Waals surface area contributed by atoms with Gasteiger partial charge in [-0.25, -0.2) is 9.37 Å². The minimum Gasteiger partial charge on any atom is -0.475 e. The van der Waals surface area contributed by atoms with Crippen LogP contribution in [0.1, 0.15) is 27.2 Å². The molecule has 1 aliphatic heterocycles. The third kappa shape index (κ3) is 3.69. The van der Waals surface area contributed by atoms with Crippen LogP contribution in [0.25, 0.3) is 0 Å². The molecule has 0 radical (unpaired) electrons. The first-order valence-corrected chi connectivity index (χ1v) is 8.87. The van der Waals surface area contributed by atoms with Crippen LogP contribution in [0.2, 0.25) is 0 Å². The van der Waals surface area contributed by atoms with Gasteiger partial charge in [0.05, 0.1) is 6.04 Å². The number of aryl methyl sites for hydroxylation is 1. The maximum Gasteiger partial charge on any atom is 0.270 e. The van der Waals surface area contributed by atoms with Crippen LogP contribution in [0.5, 0.6) is 5.88 Å². The highest BCUT2D eigenvalue weighted by atomic mass is 19.1. The molecule has 5 nitrogen and oxygen atoms in total. The first kappa shape index (κ1) is 17.3. The standard InChI is InChI=1S/C21H20FN3O2/c1-14-4-7-20(24-11-14)27-13-18-10-16-9-17(22)6-5-15(16)12-25(18)21(26)19-3-2-8-23-19/h2-9,11,18,23H,10,12-13H2,1H3/t18-/m0/s1. The van der Waals surface area contributed by atoms with Crippen LogP contribution in [0.3, 0.4) is 0 Å². The van der Waals surface area contributed by atoms with E-state index in [4.69, 9.17) is 4.74 Å². The highest BCUT2D eigenvalue weighted by Crippen LogP contribution is 2.26. The quantitative estimate of drug-likeness (QED) is 0.770. The van der Waals surface area contributed by atoms with Crippen LogP contribution < -0.4 is 4.74 Å². The van der Waals surface area contributed by atoms with Gasteiger partial charge in [-0.05, 0) is 54.3 Å². The highest BCUT2D eigenvalue weighted by molar-refractivity contribution is 5.92.